The first kappa shape index (κ1) is 12.6. The predicted molar refractivity (Wildman–Crippen MR) is 71.7 cm³/mol. The fourth-order valence-corrected chi connectivity index (χ4v) is 1.92. The quantitative estimate of drug-likeness (QED) is 0.890. The van der Waals surface area contributed by atoms with Crippen molar-refractivity contribution in [3.8, 4) is 0 Å². The monoisotopic (exact) mass is 247 g/mol. The smallest absolute Gasteiger partial charge is 0.207 e. The summed E-state index contributed by atoms with van der Waals surface area (Å²) in [4.78, 5) is 4.42. The number of nitrogens with zero attached hydrogens (tertiary/aromatic N) is 2. The molecule has 0 unspecified atom stereocenters. The van der Waals surface area contributed by atoms with Crippen LogP contribution in [0.1, 0.15) is 24.6 Å². The van der Waals surface area contributed by atoms with Gasteiger partial charge < -0.3 is 9.88 Å². The molecule has 0 bridgehead atoms. The molecule has 96 valence electrons. The lowest BCUT2D eigenvalue weighted by molar-refractivity contribution is 0.619. The summed E-state index contributed by atoms with van der Waals surface area (Å²) in [5.74, 6) is 0.563. The number of benzene rings is 1. The van der Waals surface area contributed by atoms with Crippen LogP contribution in [0.5, 0.6) is 0 Å². The normalized spacial score (nSPS) is 10.7. The van der Waals surface area contributed by atoms with Gasteiger partial charge in [-0.25, -0.2) is 9.37 Å². The molecule has 1 aromatic carbocycles. The van der Waals surface area contributed by atoms with Gasteiger partial charge >= 0.3 is 0 Å². The Morgan fingerprint density at radius 3 is 2.83 bits per heavy atom. The molecule has 18 heavy (non-hydrogen) atoms. The number of halogens is 1. The van der Waals surface area contributed by atoms with Gasteiger partial charge in [0.1, 0.15) is 5.82 Å². The third-order valence-electron chi connectivity index (χ3n) is 2.88. The Bertz CT molecular complexity index is 546. The van der Waals surface area contributed by atoms with E-state index in [1.807, 2.05) is 19.2 Å². The van der Waals surface area contributed by atoms with Crippen LogP contribution in [0.2, 0.25) is 0 Å². The lowest BCUT2D eigenvalue weighted by Crippen LogP contribution is -2.04. The zero-order valence-corrected chi connectivity index (χ0v) is 11.0. The average molecular weight is 247 g/mol. The average Bonchev–Trinajstić information content (AvgIpc) is 2.66. The van der Waals surface area contributed by atoms with Gasteiger partial charge in [-0.3, -0.25) is 0 Å². The minimum Gasteiger partial charge on any atom is -0.325 e. The van der Waals surface area contributed by atoms with Crippen molar-refractivity contribution in [1.82, 2.24) is 9.55 Å². The van der Waals surface area contributed by atoms with E-state index in [4.69, 9.17) is 0 Å². The summed E-state index contributed by atoms with van der Waals surface area (Å²) in [5, 5.41) is 3.20. The van der Waals surface area contributed by atoms with Crippen molar-refractivity contribution in [2.24, 2.45) is 0 Å². The van der Waals surface area contributed by atoms with Crippen LogP contribution in [0.3, 0.4) is 0 Å². The minimum absolute atomic E-state index is 0.203. The highest BCUT2D eigenvalue weighted by Gasteiger charge is 2.08. The van der Waals surface area contributed by atoms with E-state index in [9.17, 15) is 4.39 Å². The fourth-order valence-electron chi connectivity index (χ4n) is 1.92. The first-order valence-electron chi connectivity index (χ1n) is 6.17. The van der Waals surface area contributed by atoms with E-state index >= 15 is 0 Å². The Balaban J connectivity index is 2.30. The lowest BCUT2D eigenvalue weighted by atomic mass is 10.2. The van der Waals surface area contributed by atoms with Crippen molar-refractivity contribution >= 4 is 11.6 Å². The van der Waals surface area contributed by atoms with Gasteiger partial charge in [-0.15, -0.1) is 0 Å². The maximum absolute atomic E-state index is 13.5. The number of aryl methyl sites for hydroxylation is 2. The highest BCUT2D eigenvalue weighted by molar-refractivity contribution is 5.58. The Morgan fingerprint density at radius 2 is 2.11 bits per heavy atom. The zero-order valence-electron chi connectivity index (χ0n) is 11.0. The molecule has 2 aromatic rings. The van der Waals surface area contributed by atoms with E-state index in [-0.39, 0.29) is 5.82 Å². The van der Waals surface area contributed by atoms with Crippen LogP contribution in [-0.2, 0) is 6.54 Å². The van der Waals surface area contributed by atoms with E-state index in [0.717, 1.165) is 30.3 Å². The Kier molecular flexibility index (Phi) is 3.65. The molecule has 0 aliphatic rings. The molecule has 0 amide bonds. The van der Waals surface area contributed by atoms with Crippen LogP contribution in [0.25, 0.3) is 0 Å². The molecule has 1 aromatic heterocycles. The van der Waals surface area contributed by atoms with Crippen LogP contribution in [0.15, 0.2) is 24.4 Å². The maximum Gasteiger partial charge on any atom is 0.207 e. The molecule has 4 heteroatoms. The second-order valence-electron chi connectivity index (χ2n) is 4.44. The van der Waals surface area contributed by atoms with Crippen molar-refractivity contribution in [2.75, 3.05) is 5.32 Å². The predicted octanol–water partition coefficient (Wildman–Crippen LogP) is 3.79. The van der Waals surface area contributed by atoms with Crippen LogP contribution in [0, 0.1) is 19.7 Å². The zero-order chi connectivity index (χ0) is 13.1. The highest BCUT2D eigenvalue weighted by atomic mass is 19.1. The van der Waals surface area contributed by atoms with Gasteiger partial charge in [-0.05, 0) is 32.4 Å². The van der Waals surface area contributed by atoms with Crippen molar-refractivity contribution in [2.45, 2.75) is 33.7 Å². The molecule has 0 aliphatic heterocycles. The summed E-state index contributed by atoms with van der Waals surface area (Å²) >= 11 is 0. The Hall–Kier alpha value is -1.84. The molecular weight excluding hydrogens is 229 g/mol. The SMILES string of the molecule is CCCn1cc(C)nc1Nc1cccc(F)c1C. The number of hydrogen-bond donors (Lipinski definition) is 1. The number of anilines is 2. The van der Waals surface area contributed by atoms with E-state index < -0.39 is 0 Å². The second-order valence-corrected chi connectivity index (χ2v) is 4.44. The molecule has 0 saturated heterocycles. The molecular formula is C14H18FN3. The summed E-state index contributed by atoms with van der Waals surface area (Å²) in [6, 6.07) is 5.02. The number of imidazole rings is 1. The molecule has 0 spiro atoms. The molecule has 3 nitrogen and oxygen atoms in total. The first-order chi connectivity index (χ1) is 8.61. The minimum atomic E-state index is -0.203. The first-order valence-corrected chi connectivity index (χ1v) is 6.17. The number of aromatic nitrogens is 2. The molecule has 0 radical (unpaired) electrons. The Labute approximate surface area is 107 Å². The third kappa shape index (κ3) is 2.53. The van der Waals surface area contributed by atoms with Crippen LogP contribution in [0.4, 0.5) is 16.0 Å². The highest BCUT2D eigenvalue weighted by Crippen LogP contribution is 2.22. The lowest BCUT2D eigenvalue weighted by Gasteiger charge is -2.11. The largest absolute Gasteiger partial charge is 0.325 e. The van der Waals surface area contributed by atoms with Crippen molar-refractivity contribution in [3.05, 3.63) is 41.5 Å². The van der Waals surface area contributed by atoms with E-state index in [2.05, 4.69) is 21.8 Å². The summed E-state index contributed by atoms with van der Waals surface area (Å²) in [5.41, 5.74) is 2.33. The van der Waals surface area contributed by atoms with Crippen molar-refractivity contribution in [3.63, 3.8) is 0 Å². The van der Waals surface area contributed by atoms with Gasteiger partial charge in [0.05, 0.1) is 5.69 Å². The van der Waals surface area contributed by atoms with E-state index in [1.165, 1.54) is 6.07 Å². The van der Waals surface area contributed by atoms with Crippen LogP contribution < -0.4 is 5.32 Å². The standard InChI is InChI=1S/C14H18FN3/c1-4-8-18-9-10(2)16-14(18)17-13-7-5-6-12(15)11(13)3/h5-7,9H,4,8H2,1-3H3,(H,16,17). The van der Waals surface area contributed by atoms with Crippen molar-refractivity contribution in [1.29, 1.82) is 0 Å². The number of rotatable bonds is 4. The Morgan fingerprint density at radius 1 is 1.33 bits per heavy atom. The molecule has 1 heterocycles. The molecule has 0 aliphatic carbocycles. The fraction of sp³-hybridized carbons (Fsp3) is 0.357. The molecule has 1 N–H and O–H groups in total. The second kappa shape index (κ2) is 5.21. The van der Waals surface area contributed by atoms with E-state index in [0.29, 0.717) is 5.56 Å². The van der Waals surface area contributed by atoms with Gasteiger partial charge in [0.15, 0.2) is 0 Å². The van der Waals surface area contributed by atoms with Gasteiger partial charge in [-0.2, -0.15) is 0 Å². The topological polar surface area (TPSA) is 29.9 Å². The van der Waals surface area contributed by atoms with Gasteiger partial charge in [0.2, 0.25) is 5.95 Å². The number of hydrogen-bond acceptors (Lipinski definition) is 2. The van der Waals surface area contributed by atoms with Crippen LogP contribution in [-0.4, -0.2) is 9.55 Å². The third-order valence-corrected chi connectivity index (χ3v) is 2.88. The maximum atomic E-state index is 13.5. The van der Waals surface area contributed by atoms with Crippen molar-refractivity contribution < 1.29 is 4.39 Å². The molecule has 2 rings (SSSR count). The summed E-state index contributed by atoms with van der Waals surface area (Å²) in [7, 11) is 0. The van der Waals surface area contributed by atoms with Gasteiger partial charge in [0, 0.05) is 24.0 Å². The molecule has 0 saturated carbocycles. The van der Waals surface area contributed by atoms with Gasteiger partial charge in [-0.1, -0.05) is 13.0 Å². The number of nitrogens with one attached hydrogen (secondary N) is 1. The van der Waals surface area contributed by atoms with Gasteiger partial charge in [0.25, 0.3) is 0 Å². The van der Waals surface area contributed by atoms with E-state index in [1.54, 1.807) is 13.0 Å². The van der Waals surface area contributed by atoms with Crippen LogP contribution >= 0.6 is 0 Å². The molecule has 0 atom stereocenters. The summed E-state index contributed by atoms with van der Waals surface area (Å²) in [6.07, 6.45) is 3.03. The summed E-state index contributed by atoms with van der Waals surface area (Å²) in [6.45, 7) is 6.73. The summed E-state index contributed by atoms with van der Waals surface area (Å²) < 4.78 is 15.5. The molecule has 0 fully saturated rings.